The number of piperidine rings is 1. The second-order valence-corrected chi connectivity index (χ2v) is 7.89. The minimum Gasteiger partial charge on any atom is -0.481 e. The van der Waals surface area contributed by atoms with E-state index in [1.54, 1.807) is 0 Å². The molecule has 8 heteroatoms. The van der Waals surface area contributed by atoms with Crippen LogP contribution in [0.3, 0.4) is 0 Å². The largest absolute Gasteiger partial charge is 0.481 e. The predicted molar refractivity (Wildman–Crippen MR) is 98.0 cm³/mol. The molecule has 2 N–H and O–H groups in total. The van der Waals surface area contributed by atoms with Crippen molar-refractivity contribution in [3.05, 3.63) is 22.4 Å². The number of aliphatic carboxylic acids is 1. The molecule has 0 spiro atoms. The minimum atomic E-state index is -0.935. The number of carboxylic acids is 1. The molecule has 2 aliphatic heterocycles. The van der Waals surface area contributed by atoms with Crippen molar-refractivity contribution in [3.8, 4) is 0 Å². The van der Waals surface area contributed by atoms with Crippen molar-refractivity contribution in [2.45, 2.75) is 38.1 Å². The van der Waals surface area contributed by atoms with Gasteiger partial charge in [0.05, 0.1) is 12.5 Å². The van der Waals surface area contributed by atoms with Gasteiger partial charge in [0.25, 0.3) is 0 Å². The summed E-state index contributed by atoms with van der Waals surface area (Å²) < 4.78 is 0. The SMILES string of the molecule is O=C(O)CC(NC(=O)C1CCN(C(=O)N2CCCC2)CC1)c1cccs1. The van der Waals surface area contributed by atoms with E-state index in [9.17, 15) is 14.4 Å². The van der Waals surface area contributed by atoms with Gasteiger partial charge in [0.2, 0.25) is 5.91 Å². The molecule has 3 rings (SSSR count). The third kappa shape index (κ3) is 4.55. The molecule has 0 aromatic carbocycles. The van der Waals surface area contributed by atoms with E-state index >= 15 is 0 Å². The molecule has 3 amide bonds. The van der Waals surface area contributed by atoms with Crippen LogP contribution in [-0.4, -0.2) is 59.0 Å². The fourth-order valence-electron chi connectivity index (χ4n) is 3.62. The molecule has 0 saturated carbocycles. The lowest BCUT2D eigenvalue weighted by atomic mass is 9.95. The van der Waals surface area contributed by atoms with E-state index < -0.39 is 12.0 Å². The first-order valence-corrected chi connectivity index (χ1v) is 10.0. The maximum atomic E-state index is 12.6. The predicted octanol–water partition coefficient (Wildman–Crippen LogP) is 2.31. The van der Waals surface area contributed by atoms with Gasteiger partial charge < -0.3 is 20.2 Å². The van der Waals surface area contributed by atoms with Gasteiger partial charge in [0.1, 0.15) is 0 Å². The molecule has 0 radical (unpaired) electrons. The van der Waals surface area contributed by atoms with Crippen LogP contribution in [0.15, 0.2) is 17.5 Å². The van der Waals surface area contributed by atoms with Crippen LogP contribution in [0.1, 0.15) is 43.0 Å². The van der Waals surface area contributed by atoms with Crippen LogP contribution < -0.4 is 5.32 Å². The monoisotopic (exact) mass is 379 g/mol. The number of likely N-dealkylation sites (tertiary alicyclic amines) is 2. The molecule has 2 aliphatic rings. The van der Waals surface area contributed by atoms with Gasteiger partial charge in [-0.05, 0) is 37.1 Å². The highest BCUT2D eigenvalue weighted by atomic mass is 32.1. The van der Waals surface area contributed by atoms with Crippen molar-refractivity contribution in [2.24, 2.45) is 5.92 Å². The molecule has 1 aromatic rings. The molecule has 1 unspecified atom stereocenters. The van der Waals surface area contributed by atoms with Crippen molar-refractivity contribution in [2.75, 3.05) is 26.2 Å². The Labute approximate surface area is 157 Å². The molecular formula is C18H25N3O4S. The number of hydrogen-bond acceptors (Lipinski definition) is 4. The number of amides is 3. The first-order valence-electron chi connectivity index (χ1n) is 9.14. The number of carbonyl (C=O) groups is 3. The number of hydrogen-bond donors (Lipinski definition) is 2. The summed E-state index contributed by atoms with van der Waals surface area (Å²) >= 11 is 1.44. The standard InChI is InChI=1S/C18H25N3O4S/c22-16(23)12-14(15-4-3-11-26-15)19-17(24)13-5-9-21(10-6-13)18(25)20-7-1-2-8-20/h3-4,11,13-14H,1-2,5-10,12H2,(H,19,24)(H,22,23). The van der Waals surface area contributed by atoms with Gasteiger partial charge in [-0.15, -0.1) is 11.3 Å². The number of rotatable bonds is 5. The Hall–Kier alpha value is -2.09. The van der Waals surface area contributed by atoms with Gasteiger partial charge >= 0.3 is 12.0 Å². The molecule has 2 fully saturated rings. The second kappa shape index (κ2) is 8.53. The summed E-state index contributed by atoms with van der Waals surface area (Å²) in [5.41, 5.74) is 0. The lowest BCUT2D eigenvalue weighted by Crippen LogP contribution is -2.48. The summed E-state index contributed by atoms with van der Waals surface area (Å²) in [6, 6.07) is 3.28. The molecule has 7 nitrogen and oxygen atoms in total. The van der Waals surface area contributed by atoms with Crippen LogP contribution in [0.2, 0.25) is 0 Å². The zero-order chi connectivity index (χ0) is 18.5. The van der Waals surface area contributed by atoms with Gasteiger partial charge in [-0.3, -0.25) is 9.59 Å². The van der Waals surface area contributed by atoms with Crippen molar-refractivity contribution in [3.63, 3.8) is 0 Å². The van der Waals surface area contributed by atoms with E-state index in [1.165, 1.54) is 11.3 Å². The van der Waals surface area contributed by atoms with Crippen molar-refractivity contribution >= 4 is 29.2 Å². The lowest BCUT2D eigenvalue weighted by molar-refractivity contribution is -0.138. The topological polar surface area (TPSA) is 90.0 Å². The lowest BCUT2D eigenvalue weighted by Gasteiger charge is -2.34. The maximum Gasteiger partial charge on any atom is 0.319 e. The third-order valence-corrected chi connectivity index (χ3v) is 6.08. The Kier molecular flexibility index (Phi) is 6.13. The van der Waals surface area contributed by atoms with Gasteiger partial charge in [0.15, 0.2) is 0 Å². The quantitative estimate of drug-likeness (QED) is 0.821. The fourth-order valence-corrected chi connectivity index (χ4v) is 4.40. The Bertz CT molecular complexity index is 635. The highest BCUT2D eigenvalue weighted by molar-refractivity contribution is 7.10. The summed E-state index contributed by atoms with van der Waals surface area (Å²) in [6.45, 7) is 2.82. The summed E-state index contributed by atoms with van der Waals surface area (Å²) in [7, 11) is 0. The molecular weight excluding hydrogens is 354 g/mol. The zero-order valence-corrected chi connectivity index (χ0v) is 15.5. The van der Waals surface area contributed by atoms with Crippen LogP contribution >= 0.6 is 11.3 Å². The number of thiophene rings is 1. The normalized spacial score (nSPS) is 19.4. The summed E-state index contributed by atoms with van der Waals surface area (Å²) in [6.07, 6.45) is 3.25. The average Bonchev–Trinajstić information content (AvgIpc) is 3.34. The van der Waals surface area contributed by atoms with Gasteiger partial charge in [0, 0.05) is 37.0 Å². The molecule has 2 saturated heterocycles. The van der Waals surface area contributed by atoms with Crippen LogP contribution in [0.4, 0.5) is 4.79 Å². The molecule has 1 aromatic heterocycles. The van der Waals surface area contributed by atoms with E-state index in [0.29, 0.717) is 25.9 Å². The first kappa shape index (κ1) is 18.7. The van der Waals surface area contributed by atoms with Gasteiger partial charge in [-0.2, -0.15) is 0 Å². The fraction of sp³-hybridized carbons (Fsp3) is 0.611. The summed E-state index contributed by atoms with van der Waals surface area (Å²) in [4.78, 5) is 40.7. The molecule has 142 valence electrons. The van der Waals surface area contributed by atoms with Gasteiger partial charge in [-0.1, -0.05) is 6.07 Å². The number of nitrogens with one attached hydrogen (secondary N) is 1. The molecule has 1 atom stereocenters. The van der Waals surface area contributed by atoms with E-state index in [4.69, 9.17) is 5.11 Å². The highest BCUT2D eigenvalue weighted by Gasteiger charge is 2.31. The van der Waals surface area contributed by atoms with Crippen molar-refractivity contribution < 1.29 is 19.5 Å². The van der Waals surface area contributed by atoms with Crippen LogP contribution in [-0.2, 0) is 9.59 Å². The number of carboxylic acid groups (broad SMARTS) is 1. The van der Waals surface area contributed by atoms with Crippen LogP contribution in [0.25, 0.3) is 0 Å². The molecule has 3 heterocycles. The summed E-state index contributed by atoms with van der Waals surface area (Å²) in [5, 5.41) is 13.9. The second-order valence-electron chi connectivity index (χ2n) is 6.91. The highest BCUT2D eigenvalue weighted by Crippen LogP contribution is 2.25. The van der Waals surface area contributed by atoms with Crippen LogP contribution in [0.5, 0.6) is 0 Å². The smallest absolute Gasteiger partial charge is 0.319 e. The zero-order valence-electron chi connectivity index (χ0n) is 14.7. The molecule has 0 aliphatic carbocycles. The van der Waals surface area contributed by atoms with E-state index in [1.807, 2.05) is 27.3 Å². The van der Waals surface area contributed by atoms with E-state index in [0.717, 1.165) is 30.8 Å². The van der Waals surface area contributed by atoms with E-state index in [2.05, 4.69) is 5.32 Å². The molecule has 0 bridgehead atoms. The number of nitrogens with zero attached hydrogens (tertiary/aromatic N) is 2. The molecule has 26 heavy (non-hydrogen) atoms. The van der Waals surface area contributed by atoms with Gasteiger partial charge in [-0.25, -0.2) is 4.79 Å². The Morgan fingerprint density at radius 3 is 2.38 bits per heavy atom. The Balaban J connectivity index is 1.52. The van der Waals surface area contributed by atoms with Crippen molar-refractivity contribution in [1.82, 2.24) is 15.1 Å². The number of urea groups is 1. The number of carbonyl (C=O) groups excluding carboxylic acids is 2. The Morgan fingerprint density at radius 2 is 1.81 bits per heavy atom. The van der Waals surface area contributed by atoms with Crippen LogP contribution in [0, 0.1) is 5.92 Å². The summed E-state index contributed by atoms with van der Waals surface area (Å²) in [5.74, 6) is -1.22. The minimum absolute atomic E-state index is 0.0868. The maximum absolute atomic E-state index is 12.6. The van der Waals surface area contributed by atoms with Crippen molar-refractivity contribution in [1.29, 1.82) is 0 Å². The van der Waals surface area contributed by atoms with E-state index in [-0.39, 0.29) is 24.3 Å². The first-order chi connectivity index (χ1) is 12.5. The third-order valence-electron chi connectivity index (χ3n) is 5.09. The Morgan fingerprint density at radius 1 is 1.15 bits per heavy atom. The average molecular weight is 379 g/mol.